The number of aromatic nitrogens is 1. The summed E-state index contributed by atoms with van der Waals surface area (Å²) >= 11 is 1.74. The number of carboxylic acid groups (broad SMARTS) is 1. The topological polar surface area (TPSA) is 70.5 Å². The van der Waals surface area contributed by atoms with Crippen LogP contribution in [0.2, 0.25) is 0 Å². The maximum Gasteiger partial charge on any atom is 0.307 e. The highest BCUT2D eigenvalue weighted by molar-refractivity contribution is 7.18. The van der Waals surface area contributed by atoms with Gasteiger partial charge in [0.1, 0.15) is 0 Å². The second-order valence-electron chi connectivity index (χ2n) is 7.62. The number of aryl methyl sites for hydroxylation is 1. The Morgan fingerprint density at radius 1 is 1.23 bits per heavy atom. The van der Waals surface area contributed by atoms with E-state index in [-0.39, 0.29) is 17.2 Å². The fourth-order valence-corrected chi connectivity index (χ4v) is 5.20. The molecule has 0 bridgehead atoms. The van der Waals surface area contributed by atoms with Crippen molar-refractivity contribution >= 4 is 33.4 Å². The number of benzene rings is 1. The summed E-state index contributed by atoms with van der Waals surface area (Å²) in [7, 11) is 0. The highest BCUT2D eigenvalue weighted by atomic mass is 32.1. The Balaban J connectivity index is 1.18. The molecule has 6 heteroatoms. The van der Waals surface area contributed by atoms with Gasteiger partial charge in [-0.25, -0.2) is 4.98 Å². The fraction of sp³-hybridized carbons (Fsp3) is 0.550. The molecule has 1 unspecified atom stereocenters. The summed E-state index contributed by atoms with van der Waals surface area (Å²) in [5.74, 6) is -0.620. The minimum absolute atomic E-state index is 0.00450. The molecule has 1 saturated carbocycles. The predicted molar refractivity (Wildman–Crippen MR) is 101 cm³/mol. The third-order valence-corrected chi connectivity index (χ3v) is 7.07. The van der Waals surface area contributed by atoms with Crippen LogP contribution in [0.1, 0.15) is 43.5 Å². The summed E-state index contributed by atoms with van der Waals surface area (Å²) in [5, 5.41) is 10.3. The summed E-state index contributed by atoms with van der Waals surface area (Å²) in [6.07, 6.45) is 5.87. The van der Waals surface area contributed by atoms with Gasteiger partial charge in [-0.3, -0.25) is 9.59 Å². The van der Waals surface area contributed by atoms with Crippen molar-refractivity contribution in [3.63, 3.8) is 0 Å². The van der Waals surface area contributed by atoms with Gasteiger partial charge < -0.3 is 10.0 Å². The Hall–Kier alpha value is -1.95. The van der Waals surface area contributed by atoms with Crippen LogP contribution in [0.4, 0.5) is 0 Å². The largest absolute Gasteiger partial charge is 0.481 e. The van der Waals surface area contributed by atoms with Crippen LogP contribution < -0.4 is 0 Å². The molecular weight excluding hydrogens is 348 g/mol. The van der Waals surface area contributed by atoms with Gasteiger partial charge in [0.2, 0.25) is 5.91 Å². The zero-order valence-corrected chi connectivity index (χ0v) is 15.6. The minimum atomic E-state index is -0.667. The zero-order chi connectivity index (χ0) is 18.1. The SMILES string of the molecule is O=C(O)C1CC12CCN(C(=O)CCCCc1nc3ccccc3s1)CC2. The molecule has 1 spiro atoms. The lowest BCUT2D eigenvalue weighted by molar-refractivity contribution is -0.139. The highest BCUT2D eigenvalue weighted by Gasteiger charge is 2.59. The third-order valence-electron chi connectivity index (χ3n) is 5.97. The van der Waals surface area contributed by atoms with Crippen LogP contribution in [0.15, 0.2) is 24.3 Å². The maximum absolute atomic E-state index is 12.4. The highest BCUT2D eigenvalue weighted by Crippen LogP contribution is 2.59. The number of carboxylic acids is 1. The molecule has 1 atom stereocenters. The average molecular weight is 372 g/mol. The number of fused-ring (bicyclic) bond motifs is 1. The van der Waals surface area contributed by atoms with Crippen LogP contribution in [-0.4, -0.2) is 40.0 Å². The molecule has 1 amide bonds. The normalized spacial score (nSPS) is 21.2. The van der Waals surface area contributed by atoms with Crippen LogP contribution in [0, 0.1) is 11.3 Å². The van der Waals surface area contributed by atoms with E-state index < -0.39 is 5.97 Å². The first-order valence-corrected chi connectivity index (χ1v) is 10.2. The van der Waals surface area contributed by atoms with Gasteiger partial charge in [-0.15, -0.1) is 11.3 Å². The van der Waals surface area contributed by atoms with Crippen molar-refractivity contribution in [2.45, 2.75) is 44.9 Å². The lowest BCUT2D eigenvalue weighted by Crippen LogP contribution is -2.39. The number of nitrogens with zero attached hydrogens (tertiary/aromatic N) is 2. The van der Waals surface area contributed by atoms with E-state index in [1.165, 1.54) is 4.70 Å². The number of unbranched alkanes of at least 4 members (excludes halogenated alkanes) is 1. The van der Waals surface area contributed by atoms with Crippen molar-refractivity contribution in [2.75, 3.05) is 13.1 Å². The number of amides is 1. The number of aliphatic carboxylic acids is 1. The van der Waals surface area contributed by atoms with Gasteiger partial charge in [0.05, 0.1) is 21.1 Å². The van der Waals surface area contributed by atoms with Gasteiger partial charge in [0, 0.05) is 19.5 Å². The Bertz CT molecular complexity index is 790. The van der Waals surface area contributed by atoms with Crippen molar-refractivity contribution in [3.8, 4) is 0 Å². The van der Waals surface area contributed by atoms with Crippen LogP contribution >= 0.6 is 11.3 Å². The quantitative estimate of drug-likeness (QED) is 0.785. The standard InChI is InChI=1S/C20H24N2O3S/c23-18(22-11-9-20(10-12-22)13-14(20)19(24)25)8-4-3-7-17-21-15-5-1-2-6-16(15)26-17/h1-2,5-6,14H,3-4,7-13H2,(H,24,25). The second kappa shape index (κ2) is 6.99. The molecule has 5 nitrogen and oxygen atoms in total. The molecular formula is C20H24N2O3S. The molecule has 4 rings (SSSR count). The average Bonchev–Trinajstić information content (AvgIpc) is 3.18. The van der Waals surface area contributed by atoms with Gasteiger partial charge in [0.15, 0.2) is 0 Å². The van der Waals surface area contributed by atoms with Crippen LogP contribution in [-0.2, 0) is 16.0 Å². The molecule has 2 aromatic rings. The van der Waals surface area contributed by atoms with Crippen molar-refractivity contribution in [1.29, 1.82) is 0 Å². The molecule has 1 saturated heterocycles. The van der Waals surface area contributed by atoms with Crippen molar-refractivity contribution in [1.82, 2.24) is 9.88 Å². The Labute approximate surface area is 157 Å². The first-order chi connectivity index (χ1) is 12.6. The summed E-state index contributed by atoms with van der Waals surface area (Å²) in [6, 6.07) is 8.17. The lowest BCUT2D eigenvalue weighted by atomic mass is 9.90. The van der Waals surface area contributed by atoms with Gasteiger partial charge in [-0.2, -0.15) is 0 Å². The molecule has 1 aliphatic carbocycles. The minimum Gasteiger partial charge on any atom is -0.481 e. The number of likely N-dealkylation sites (tertiary alicyclic amines) is 1. The van der Waals surface area contributed by atoms with E-state index in [0.717, 1.165) is 62.1 Å². The number of rotatable bonds is 6. The smallest absolute Gasteiger partial charge is 0.307 e. The monoisotopic (exact) mass is 372 g/mol. The van der Waals surface area contributed by atoms with E-state index in [4.69, 9.17) is 5.11 Å². The summed E-state index contributed by atoms with van der Waals surface area (Å²) < 4.78 is 1.22. The van der Waals surface area contributed by atoms with Crippen LogP contribution in [0.25, 0.3) is 10.2 Å². The van der Waals surface area contributed by atoms with Gasteiger partial charge >= 0.3 is 5.97 Å². The van der Waals surface area contributed by atoms with E-state index in [2.05, 4.69) is 11.1 Å². The fourth-order valence-electron chi connectivity index (χ4n) is 4.19. The van der Waals surface area contributed by atoms with Crippen LogP contribution in [0.3, 0.4) is 0 Å². The zero-order valence-electron chi connectivity index (χ0n) is 14.8. The number of piperidine rings is 1. The molecule has 1 aliphatic heterocycles. The molecule has 1 aromatic carbocycles. The molecule has 2 heterocycles. The molecule has 26 heavy (non-hydrogen) atoms. The van der Waals surface area contributed by atoms with Crippen molar-refractivity contribution in [2.24, 2.45) is 11.3 Å². The van der Waals surface area contributed by atoms with Gasteiger partial charge in [0.25, 0.3) is 0 Å². The van der Waals surface area contributed by atoms with Crippen molar-refractivity contribution in [3.05, 3.63) is 29.3 Å². The third kappa shape index (κ3) is 3.47. The molecule has 1 N–H and O–H groups in total. The number of hydrogen-bond donors (Lipinski definition) is 1. The Morgan fingerprint density at radius 2 is 2.00 bits per heavy atom. The number of carbonyl (C=O) groups is 2. The van der Waals surface area contributed by atoms with E-state index >= 15 is 0 Å². The van der Waals surface area contributed by atoms with Gasteiger partial charge in [-0.1, -0.05) is 12.1 Å². The van der Waals surface area contributed by atoms with Gasteiger partial charge in [-0.05, 0) is 56.1 Å². The number of thiazole rings is 1. The first kappa shape index (κ1) is 17.5. The molecule has 0 radical (unpaired) electrons. The number of hydrogen-bond acceptors (Lipinski definition) is 4. The Morgan fingerprint density at radius 3 is 2.69 bits per heavy atom. The summed E-state index contributed by atoms with van der Waals surface area (Å²) in [4.78, 5) is 30.1. The van der Waals surface area contributed by atoms with Crippen LogP contribution in [0.5, 0.6) is 0 Å². The second-order valence-corrected chi connectivity index (χ2v) is 8.74. The Kier molecular flexibility index (Phi) is 4.69. The summed E-state index contributed by atoms with van der Waals surface area (Å²) in [5.41, 5.74) is 1.06. The summed E-state index contributed by atoms with van der Waals surface area (Å²) in [6.45, 7) is 1.45. The van der Waals surface area contributed by atoms with Crippen molar-refractivity contribution < 1.29 is 14.7 Å². The number of para-hydroxylation sites is 1. The molecule has 2 fully saturated rings. The lowest BCUT2D eigenvalue weighted by Gasteiger charge is -2.32. The molecule has 138 valence electrons. The molecule has 2 aliphatic rings. The van der Waals surface area contributed by atoms with E-state index in [9.17, 15) is 9.59 Å². The first-order valence-electron chi connectivity index (χ1n) is 9.42. The van der Waals surface area contributed by atoms with E-state index in [0.29, 0.717) is 6.42 Å². The van der Waals surface area contributed by atoms with E-state index in [1.54, 1.807) is 11.3 Å². The maximum atomic E-state index is 12.4. The number of carbonyl (C=O) groups excluding carboxylic acids is 1. The predicted octanol–water partition coefficient (Wildman–Crippen LogP) is 3.72. The van der Waals surface area contributed by atoms with E-state index in [1.807, 2.05) is 23.1 Å². The molecule has 1 aromatic heterocycles.